The fourth-order valence-corrected chi connectivity index (χ4v) is 2.69. The molecular weight excluding hydrogens is 192 g/mol. The van der Waals surface area contributed by atoms with Gasteiger partial charge in [-0.3, -0.25) is 0 Å². The zero-order valence-corrected chi connectivity index (χ0v) is 9.16. The molecule has 1 aromatic rings. The summed E-state index contributed by atoms with van der Waals surface area (Å²) in [5, 5.41) is 0. The Balaban J connectivity index is 1.94. The standard InChI is InChI=1S/C16H15/c1-2-8-13(7-1)16(14-9-3-4-10-14)15-11-5-6-12-15/h1-14,16H/q-1. The average Bonchev–Trinajstić information content (AvgIpc) is 3.02. The molecule has 0 nitrogen and oxygen atoms in total. The zero-order chi connectivity index (χ0) is 10.8. The van der Waals surface area contributed by atoms with Crippen LogP contribution in [0.4, 0.5) is 0 Å². The second-order valence-corrected chi connectivity index (χ2v) is 4.44. The molecule has 0 aromatic heterocycles. The Bertz CT molecular complexity index is 402. The van der Waals surface area contributed by atoms with Gasteiger partial charge < -0.3 is 0 Å². The molecular formula is C16H15-. The fourth-order valence-electron chi connectivity index (χ4n) is 2.69. The van der Waals surface area contributed by atoms with Crippen molar-refractivity contribution < 1.29 is 0 Å². The van der Waals surface area contributed by atoms with Crippen LogP contribution in [-0.4, -0.2) is 0 Å². The maximum Gasteiger partial charge on any atom is -0.00750 e. The summed E-state index contributed by atoms with van der Waals surface area (Å²) in [5.41, 5.74) is 1.45. The molecule has 0 unspecified atom stereocenters. The van der Waals surface area contributed by atoms with E-state index in [0.717, 1.165) is 0 Å². The van der Waals surface area contributed by atoms with Crippen molar-refractivity contribution in [3.05, 3.63) is 78.4 Å². The number of hydrogen-bond acceptors (Lipinski definition) is 0. The highest BCUT2D eigenvalue weighted by molar-refractivity contribution is 5.34. The highest BCUT2D eigenvalue weighted by atomic mass is 14.3. The molecule has 0 N–H and O–H groups in total. The summed E-state index contributed by atoms with van der Waals surface area (Å²) in [7, 11) is 0. The van der Waals surface area contributed by atoms with Crippen LogP contribution in [0.1, 0.15) is 11.5 Å². The Morgan fingerprint density at radius 3 is 1.56 bits per heavy atom. The quantitative estimate of drug-likeness (QED) is 0.658. The van der Waals surface area contributed by atoms with Gasteiger partial charge in [0.25, 0.3) is 0 Å². The van der Waals surface area contributed by atoms with Gasteiger partial charge in [-0.25, -0.2) is 12.1 Å². The van der Waals surface area contributed by atoms with Gasteiger partial charge in [-0.2, -0.15) is 17.7 Å². The number of allylic oxidation sites excluding steroid dienone is 8. The van der Waals surface area contributed by atoms with E-state index in [-0.39, 0.29) is 0 Å². The van der Waals surface area contributed by atoms with Crippen molar-refractivity contribution in [2.45, 2.75) is 5.92 Å². The van der Waals surface area contributed by atoms with E-state index >= 15 is 0 Å². The molecule has 2 aliphatic carbocycles. The van der Waals surface area contributed by atoms with E-state index in [1.54, 1.807) is 0 Å². The largest absolute Gasteiger partial charge is 0.213 e. The maximum atomic E-state index is 2.30. The number of rotatable bonds is 3. The van der Waals surface area contributed by atoms with Crippen molar-refractivity contribution >= 4 is 0 Å². The lowest BCUT2D eigenvalue weighted by molar-refractivity contribution is 0.526. The first-order valence-corrected chi connectivity index (χ1v) is 5.87. The molecule has 0 saturated heterocycles. The van der Waals surface area contributed by atoms with Crippen LogP contribution in [-0.2, 0) is 0 Å². The van der Waals surface area contributed by atoms with E-state index in [4.69, 9.17) is 0 Å². The van der Waals surface area contributed by atoms with Crippen LogP contribution in [0.2, 0.25) is 0 Å². The lowest BCUT2D eigenvalue weighted by Crippen LogP contribution is -2.14. The van der Waals surface area contributed by atoms with E-state index in [2.05, 4.69) is 72.9 Å². The van der Waals surface area contributed by atoms with Crippen molar-refractivity contribution in [2.75, 3.05) is 0 Å². The van der Waals surface area contributed by atoms with Crippen molar-refractivity contribution in [1.29, 1.82) is 0 Å². The Morgan fingerprint density at radius 1 is 0.688 bits per heavy atom. The number of hydrogen-bond donors (Lipinski definition) is 0. The first-order chi connectivity index (χ1) is 7.95. The summed E-state index contributed by atoms with van der Waals surface area (Å²) in [5.74, 6) is 1.64. The Kier molecular flexibility index (Phi) is 2.41. The predicted octanol–water partition coefficient (Wildman–Crippen LogP) is 3.97. The SMILES string of the molecule is C1=CC(C([c-]2cccc2)C2C=CC=C2)C=C1. The molecule has 0 amide bonds. The van der Waals surface area contributed by atoms with Gasteiger partial charge in [0.15, 0.2) is 0 Å². The molecule has 2 aliphatic rings. The van der Waals surface area contributed by atoms with Gasteiger partial charge >= 0.3 is 0 Å². The molecule has 0 atom stereocenters. The van der Waals surface area contributed by atoms with Crippen LogP contribution >= 0.6 is 0 Å². The normalized spacial score (nSPS) is 19.6. The van der Waals surface area contributed by atoms with E-state index in [1.807, 2.05) is 0 Å². The summed E-state index contributed by atoms with van der Waals surface area (Å²) in [6, 6.07) is 8.75. The first kappa shape index (κ1) is 9.53. The highest BCUT2D eigenvalue weighted by Gasteiger charge is 2.23. The van der Waals surface area contributed by atoms with Gasteiger partial charge in [-0.1, -0.05) is 48.6 Å². The molecule has 1 aromatic carbocycles. The van der Waals surface area contributed by atoms with Crippen LogP contribution in [0.25, 0.3) is 0 Å². The van der Waals surface area contributed by atoms with Crippen molar-refractivity contribution in [3.8, 4) is 0 Å². The van der Waals surface area contributed by atoms with Gasteiger partial charge in [0.05, 0.1) is 0 Å². The minimum atomic E-state index is 0.541. The maximum absolute atomic E-state index is 2.30. The molecule has 80 valence electrons. The second kappa shape index (κ2) is 4.05. The van der Waals surface area contributed by atoms with Crippen molar-refractivity contribution in [2.24, 2.45) is 11.8 Å². The second-order valence-electron chi connectivity index (χ2n) is 4.44. The zero-order valence-electron chi connectivity index (χ0n) is 9.16. The molecule has 0 aliphatic heterocycles. The third-order valence-corrected chi connectivity index (χ3v) is 3.46. The van der Waals surface area contributed by atoms with Crippen LogP contribution in [0.3, 0.4) is 0 Å². The van der Waals surface area contributed by atoms with Crippen LogP contribution in [0.5, 0.6) is 0 Å². The third kappa shape index (κ3) is 1.61. The van der Waals surface area contributed by atoms with Crippen molar-refractivity contribution in [1.82, 2.24) is 0 Å². The smallest absolute Gasteiger partial charge is 0.00750 e. The molecule has 0 heterocycles. The molecule has 0 fully saturated rings. The van der Waals surface area contributed by atoms with Gasteiger partial charge in [0.2, 0.25) is 0 Å². The Labute approximate surface area is 96.7 Å². The lowest BCUT2D eigenvalue weighted by Gasteiger charge is -2.28. The molecule has 0 spiro atoms. The van der Waals surface area contributed by atoms with Crippen molar-refractivity contribution in [3.63, 3.8) is 0 Å². The minimum absolute atomic E-state index is 0.541. The molecule has 0 bridgehead atoms. The summed E-state index contributed by atoms with van der Waals surface area (Å²) >= 11 is 0. The molecule has 0 radical (unpaired) electrons. The highest BCUT2D eigenvalue weighted by Crippen LogP contribution is 2.38. The summed E-state index contributed by atoms with van der Waals surface area (Å²) in [4.78, 5) is 0. The van der Waals surface area contributed by atoms with E-state index in [9.17, 15) is 0 Å². The minimum Gasteiger partial charge on any atom is -0.213 e. The molecule has 0 heteroatoms. The predicted molar refractivity (Wildman–Crippen MR) is 68.3 cm³/mol. The van der Waals surface area contributed by atoms with Gasteiger partial charge in [0.1, 0.15) is 0 Å². The first-order valence-electron chi connectivity index (χ1n) is 5.87. The van der Waals surface area contributed by atoms with Gasteiger partial charge in [0, 0.05) is 0 Å². The summed E-state index contributed by atoms with van der Waals surface area (Å²) in [6.07, 6.45) is 17.8. The van der Waals surface area contributed by atoms with Gasteiger partial charge in [-0.05, 0) is 17.8 Å². The van der Waals surface area contributed by atoms with E-state index in [1.165, 1.54) is 5.56 Å². The summed E-state index contributed by atoms with van der Waals surface area (Å²) in [6.45, 7) is 0. The summed E-state index contributed by atoms with van der Waals surface area (Å²) < 4.78 is 0. The topological polar surface area (TPSA) is 0 Å². The third-order valence-electron chi connectivity index (χ3n) is 3.46. The van der Waals surface area contributed by atoms with Crippen LogP contribution in [0, 0.1) is 11.8 Å². The lowest BCUT2D eigenvalue weighted by atomic mass is 9.79. The molecule has 16 heavy (non-hydrogen) atoms. The average molecular weight is 207 g/mol. The Morgan fingerprint density at radius 2 is 1.12 bits per heavy atom. The van der Waals surface area contributed by atoms with Gasteiger partial charge in [-0.15, -0.1) is 0 Å². The monoisotopic (exact) mass is 207 g/mol. The van der Waals surface area contributed by atoms with Crippen LogP contribution in [0.15, 0.2) is 72.9 Å². The molecule has 3 rings (SSSR count). The Hall–Kier alpha value is -1.69. The van der Waals surface area contributed by atoms with E-state index in [0.29, 0.717) is 17.8 Å². The fraction of sp³-hybridized carbons (Fsp3) is 0.188. The molecule has 0 saturated carbocycles. The van der Waals surface area contributed by atoms with Crippen LogP contribution < -0.4 is 0 Å². The van der Waals surface area contributed by atoms with E-state index < -0.39 is 0 Å².